The maximum Gasteiger partial charge on any atom is 0.374 e. The molecule has 148 valence electrons. The molecule has 0 spiro atoms. The molecule has 4 aromatic rings. The van der Waals surface area contributed by atoms with Crippen molar-refractivity contribution in [1.82, 2.24) is 9.97 Å². The Morgan fingerprint density at radius 1 is 1.14 bits per heavy atom. The molecule has 3 aromatic heterocycles. The van der Waals surface area contributed by atoms with Crippen molar-refractivity contribution in [2.24, 2.45) is 0 Å². The summed E-state index contributed by atoms with van der Waals surface area (Å²) in [7, 11) is 0. The normalized spacial score (nSPS) is 11.0. The van der Waals surface area contributed by atoms with Crippen LogP contribution in [-0.2, 0) is 18.0 Å². The number of benzene rings is 1. The summed E-state index contributed by atoms with van der Waals surface area (Å²) in [5.41, 5.74) is 0.685. The Morgan fingerprint density at radius 2 is 1.93 bits per heavy atom. The fourth-order valence-electron chi connectivity index (χ4n) is 2.81. The number of furan rings is 1. The smallest absolute Gasteiger partial charge is 0.374 e. The lowest BCUT2D eigenvalue weighted by molar-refractivity contribution is 0.0422. The number of hydrogen-bond acceptors (Lipinski definition) is 7. The first kappa shape index (κ1) is 18.9. The van der Waals surface area contributed by atoms with Gasteiger partial charge >= 0.3 is 5.97 Å². The van der Waals surface area contributed by atoms with Gasteiger partial charge in [-0.15, -0.1) is 11.3 Å². The molecule has 0 unspecified atom stereocenters. The van der Waals surface area contributed by atoms with Crippen molar-refractivity contribution in [2.75, 3.05) is 0 Å². The number of H-pyrrole nitrogens is 1. The van der Waals surface area contributed by atoms with Gasteiger partial charge in [-0.3, -0.25) is 4.79 Å². The van der Waals surface area contributed by atoms with Crippen molar-refractivity contribution in [3.05, 3.63) is 80.6 Å². The van der Waals surface area contributed by atoms with E-state index in [1.807, 2.05) is 44.2 Å². The molecule has 0 atom stereocenters. The number of aromatic nitrogens is 2. The highest BCUT2D eigenvalue weighted by Crippen LogP contribution is 2.25. The van der Waals surface area contributed by atoms with Crippen molar-refractivity contribution in [3.8, 4) is 5.75 Å². The molecular formula is C21H18N2O5S. The number of nitrogens with zero attached hydrogens (tertiary/aromatic N) is 1. The molecule has 1 N–H and O–H groups in total. The minimum atomic E-state index is -0.641. The van der Waals surface area contributed by atoms with E-state index in [2.05, 4.69) is 9.97 Å². The Bertz CT molecular complexity index is 1220. The largest absolute Gasteiger partial charge is 0.486 e. The molecule has 0 aliphatic rings. The average Bonchev–Trinajstić information content (AvgIpc) is 3.30. The van der Waals surface area contributed by atoms with Gasteiger partial charge < -0.3 is 18.9 Å². The number of aromatic amines is 1. The van der Waals surface area contributed by atoms with Crippen molar-refractivity contribution >= 4 is 27.5 Å². The summed E-state index contributed by atoms with van der Waals surface area (Å²) >= 11 is 1.44. The van der Waals surface area contributed by atoms with Gasteiger partial charge in [-0.1, -0.05) is 18.2 Å². The molecule has 1 aromatic carbocycles. The van der Waals surface area contributed by atoms with E-state index >= 15 is 0 Å². The van der Waals surface area contributed by atoms with Crippen molar-refractivity contribution in [2.45, 2.75) is 27.1 Å². The van der Waals surface area contributed by atoms with Crippen LogP contribution in [0, 0.1) is 13.8 Å². The lowest BCUT2D eigenvalue weighted by atomic mass is 10.2. The second kappa shape index (κ2) is 7.92. The van der Waals surface area contributed by atoms with Gasteiger partial charge in [-0.05, 0) is 43.7 Å². The molecule has 0 aliphatic heterocycles. The monoisotopic (exact) mass is 410 g/mol. The molecular weight excluding hydrogens is 392 g/mol. The van der Waals surface area contributed by atoms with E-state index in [9.17, 15) is 9.59 Å². The summed E-state index contributed by atoms with van der Waals surface area (Å²) in [6.45, 7) is 3.87. The van der Waals surface area contributed by atoms with Gasteiger partial charge in [0.15, 0.2) is 0 Å². The molecule has 0 fully saturated rings. The van der Waals surface area contributed by atoms with Crippen LogP contribution in [0.4, 0.5) is 0 Å². The molecule has 3 heterocycles. The summed E-state index contributed by atoms with van der Waals surface area (Å²) in [6, 6.07) is 12.5. The Kier molecular flexibility index (Phi) is 5.18. The fraction of sp³-hybridized carbons (Fsp3) is 0.190. The van der Waals surface area contributed by atoms with Gasteiger partial charge in [0.2, 0.25) is 5.76 Å². The van der Waals surface area contributed by atoms with Crippen LogP contribution < -0.4 is 10.3 Å². The number of esters is 1. The van der Waals surface area contributed by atoms with Gasteiger partial charge in [-0.25, -0.2) is 9.78 Å². The maximum absolute atomic E-state index is 12.3. The molecule has 0 saturated carbocycles. The Labute approximate surface area is 169 Å². The van der Waals surface area contributed by atoms with Crippen molar-refractivity contribution < 1.29 is 18.7 Å². The quantitative estimate of drug-likeness (QED) is 0.480. The highest BCUT2D eigenvalue weighted by atomic mass is 32.1. The topological polar surface area (TPSA) is 94.4 Å². The average molecular weight is 410 g/mol. The first-order valence-corrected chi connectivity index (χ1v) is 9.75. The zero-order valence-corrected chi connectivity index (χ0v) is 16.7. The predicted molar refractivity (Wildman–Crippen MR) is 108 cm³/mol. The molecule has 8 heteroatoms. The Balaban J connectivity index is 1.39. The first-order valence-electron chi connectivity index (χ1n) is 8.94. The van der Waals surface area contributed by atoms with Crippen LogP contribution in [0.3, 0.4) is 0 Å². The van der Waals surface area contributed by atoms with E-state index in [0.29, 0.717) is 21.7 Å². The van der Waals surface area contributed by atoms with Crippen LogP contribution in [-0.4, -0.2) is 15.9 Å². The number of carbonyl (C=O) groups excluding carboxylic acids is 1. The minimum absolute atomic E-state index is 0.0582. The number of para-hydroxylation sites is 1. The number of fused-ring (bicyclic) bond motifs is 1. The van der Waals surface area contributed by atoms with Crippen LogP contribution in [0.1, 0.15) is 32.6 Å². The molecule has 0 radical (unpaired) electrons. The molecule has 0 aliphatic carbocycles. The lowest BCUT2D eigenvalue weighted by Crippen LogP contribution is -2.14. The number of hydrogen-bond donors (Lipinski definition) is 1. The highest BCUT2D eigenvalue weighted by molar-refractivity contribution is 7.18. The Morgan fingerprint density at radius 3 is 2.72 bits per heavy atom. The lowest BCUT2D eigenvalue weighted by Gasteiger charge is -2.04. The van der Waals surface area contributed by atoms with Crippen molar-refractivity contribution in [3.63, 3.8) is 0 Å². The maximum atomic E-state index is 12.3. The summed E-state index contributed by atoms with van der Waals surface area (Å²) < 4.78 is 16.3. The standard InChI is InChI=1S/C21H18N2O5S/c1-12-13(2)29-20-18(12)19(24)22-17(23-20)11-27-21(25)16-9-8-15(28-16)10-26-14-6-4-3-5-7-14/h3-9H,10-11H2,1-2H3,(H,22,23,24). The number of thiophene rings is 1. The van der Waals surface area contributed by atoms with Crippen LogP contribution in [0.25, 0.3) is 10.2 Å². The zero-order chi connectivity index (χ0) is 20.4. The van der Waals surface area contributed by atoms with Gasteiger partial charge in [0.05, 0.1) is 5.39 Å². The van der Waals surface area contributed by atoms with Gasteiger partial charge in [0, 0.05) is 4.88 Å². The highest BCUT2D eigenvalue weighted by Gasteiger charge is 2.16. The van der Waals surface area contributed by atoms with E-state index in [4.69, 9.17) is 13.9 Å². The number of carbonyl (C=O) groups is 1. The van der Waals surface area contributed by atoms with E-state index in [-0.39, 0.29) is 30.4 Å². The van der Waals surface area contributed by atoms with E-state index in [1.54, 1.807) is 6.07 Å². The number of aryl methyl sites for hydroxylation is 2. The summed E-state index contributed by atoms with van der Waals surface area (Å²) in [5.74, 6) is 0.909. The van der Waals surface area contributed by atoms with Crippen molar-refractivity contribution in [1.29, 1.82) is 0 Å². The summed E-state index contributed by atoms with van der Waals surface area (Å²) in [6.07, 6.45) is 0. The molecule has 0 amide bonds. The van der Waals surface area contributed by atoms with E-state index in [0.717, 1.165) is 10.4 Å². The number of ether oxygens (including phenoxy) is 2. The molecule has 29 heavy (non-hydrogen) atoms. The van der Waals surface area contributed by atoms with Crippen LogP contribution in [0.2, 0.25) is 0 Å². The second-order valence-electron chi connectivity index (χ2n) is 6.42. The van der Waals surface area contributed by atoms with E-state index in [1.165, 1.54) is 17.4 Å². The van der Waals surface area contributed by atoms with Crippen LogP contribution >= 0.6 is 11.3 Å². The minimum Gasteiger partial charge on any atom is -0.486 e. The first-order chi connectivity index (χ1) is 14.0. The number of nitrogens with one attached hydrogen (secondary N) is 1. The third-order valence-electron chi connectivity index (χ3n) is 4.42. The summed E-state index contributed by atoms with van der Waals surface area (Å²) in [4.78, 5) is 33.2. The predicted octanol–water partition coefficient (Wildman–Crippen LogP) is 4.13. The molecule has 0 saturated heterocycles. The molecule has 4 rings (SSSR count). The van der Waals surface area contributed by atoms with Gasteiger partial charge in [-0.2, -0.15) is 0 Å². The zero-order valence-electron chi connectivity index (χ0n) is 15.9. The third-order valence-corrected chi connectivity index (χ3v) is 5.52. The SMILES string of the molecule is Cc1sc2nc(COC(=O)c3ccc(COc4ccccc4)o3)[nH]c(=O)c2c1C. The number of rotatable bonds is 6. The van der Waals surface area contributed by atoms with Crippen LogP contribution in [0.5, 0.6) is 5.75 Å². The van der Waals surface area contributed by atoms with Gasteiger partial charge in [0.25, 0.3) is 5.56 Å². The van der Waals surface area contributed by atoms with E-state index < -0.39 is 5.97 Å². The third kappa shape index (κ3) is 4.07. The van der Waals surface area contributed by atoms with Crippen LogP contribution in [0.15, 0.2) is 51.7 Å². The molecule has 0 bridgehead atoms. The Hall–Kier alpha value is -3.39. The fourth-order valence-corrected chi connectivity index (χ4v) is 3.86. The summed E-state index contributed by atoms with van der Waals surface area (Å²) in [5, 5.41) is 0.580. The molecule has 7 nitrogen and oxygen atoms in total. The second-order valence-corrected chi connectivity index (χ2v) is 7.62. The van der Waals surface area contributed by atoms with Gasteiger partial charge in [0.1, 0.15) is 35.4 Å².